The summed E-state index contributed by atoms with van der Waals surface area (Å²) in [5.41, 5.74) is 1.15. The number of aryl methyl sites for hydroxylation is 1. The number of carbonyl (C=O) groups excluding carboxylic acids is 1. The van der Waals surface area contributed by atoms with Gasteiger partial charge >= 0.3 is 5.97 Å². The minimum Gasteiger partial charge on any atom is -0.481 e. The Bertz CT molecular complexity index is 400. The average molecular weight is 225 g/mol. The second kappa shape index (κ2) is 4.78. The van der Waals surface area contributed by atoms with Crippen molar-refractivity contribution in [3.63, 3.8) is 0 Å². The summed E-state index contributed by atoms with van der Waals surface area (Å²) in [6, 6.07) is -0.354. The number of carbonyl (C=O) groups is 2. The van der Waals surface area contributed by atoms with Crippen molar-refractivity contribution < 1.29 is 14.7 Å². The Morgan fingerprint density at radius 3 is 2.69 bits per heavy atom. The van der Waals surface area contributed by atoms with Gasteiger partial charge in [-0.1, -0.05) is 0 Å². The van der Waals surface area contributed by atoms with Crippen LogP contribution in [-0.4, -0.2) is 45.2 Å². The fourth-order valence-corrected chi connectivity index (χ4v) is 1.33. The van der Waals surface area contributed by atoms with Crippen LogP contribution in [-0.2, 0) is 4.79 Å². The normalized spacial score (nSPS) is 12.2. The van der Waals surface area contributed by atoms with Crippen LogP contribution in [0.1, 0.15) is 29.4 Å². The SMILES string of the molecule is Cc1cn[nH]c1C(=O)N(C)C(C)CC(=O)O. The highest BCUT2D eigenvalue weighted by Gasteiger charge is 2.21. The predicted molar refractivity (Wildman–Crippen MR) is 57.1 cm³/mol. The molecule has 0 saturated carbocycles. The molecule has 6 nitrogen and oxygen atoms in total. The Hall–Kier alpha value is -1.85. The van der Waals surface area contributed by atoms with Gasteiger partial charge in [0.1, 0.15) is 5.69 Å². The van der Waals surface area contributed by atoms with E-state index >= 15 is 0 Å². The van der Waals surface area contributed by atoms with Crippen LogP contribution in [0.15, 0.2) is 6.20 Å². The summed E-state index contributed by atoms with van der Waals surface area (Å²) < 4.78 is 0. The van der Waals surface area contributed by atoms with E-state index in [1.54, 1.807) is 27.1 Å². The molecule has 88 valence electrons. The molecule has 0 aliphatic rings. The highest BCUT2D eigenvalue weighted by Crippen LogP contribution is 2.09. The third kappa shape index (κ3) is 2.59. The van der Waals surface area contributed by atoms with Gasteiger partial charge in [0.2, 0.25) is 0 Å². The Balaban J connectivity index is 2.75. The first kappa shape index (κ1) is 12.2. The maximum atomic E-state index is 11.9. The maximum Gasteiger partial charge on any atom is 0.305 e. The lowest BCUT2D eigenvalue weighted by Gasteiger charge is -2.23. The summed E-state index contributed by atoms with van der Waals surface area (Å²) >= 11 is 0. The molecule has 0 spiro atoms. The van der Waals surface area contributed by atoms with Crippen molar-refractivity contribution in [2.45, 2.75) is 26.3 Å². The highest BCUT2D eigenvalue weighted by molar-refractivity contribution is 5.93. The summed E-state index contributed by atoms with van der Waals surface area (Å²) in [5.74, 6) is -1.17. The molecular formula is C10H15N3O3. The number of carboxylic acids is 1. The summed E-state index contributed by atoms with van der Waals surface area (Å²) in [6.07, 6.45) is 1.48. The first-order valence-electron chi connectivity index (χ1n) is 4.92. The third-order valence-corrected chi connectivity index (χ3v) is 2.49. The zero-order chi connectivity index (χ0) is 12.3. The molecule has 0 aromatic carbocycles. The van der Waals surface area contributed by atoms with Gasteiger partial charge in [0.25, 0.3) is 5.91 Å². The molecule has 1 heterocycles. The van der Waals surface area contributed by atoms with Crippen LogP contribution in [0.2, 0.25) is 0 Å². The molecule has 1 atom stereocenters. The van der Waals surface area contributed by atoms with Crippen LogP contribution in [0.3, 0.4) is 0 Å². The van der Waals surface area contributed by atoms with Crippen molar-refractivity contribution >= 4 is 11.9 Å². The topological polar surface area (TPSA) is 86.3 Å². The number of nitrogens with zero attached hydrogens (tertiary/aromatic N) is 2. The van der Waals surface area contributed by atoms with E-state index in [0.717, 1.165) is 5.56 Å². The molecule has 1 amide bonds. The number of H-pyrrole nitrogens is 1. The lowest BCUT2D eigenvalue weighted by atomic mass is 10.2. The molecule has 6 heteroatoms. The van der Waals surface area contributed by atoms with Crippen LogP contribution < -0.4 is 0 Å². The number of hydrogen-bond acceptors (Lipinski definition) is 3. The first-order chi connectivity index (χ1) is 7.43. The number of amides is 1. The van der Waals surface area contributed by atoms with E-state index in [0.29, 0.717) is 5.69 Å². The maximum absolute atomic E-state index is 11.9. The van der Waals surface area contributed by atoms with E-state index in [-0.39, 0.29) is 18.4 Å². The number of hydrogen-bond donors (Lipinski definition) is 2. The quantitative estimate of drug-likeness (QED) is 0.787. The number of aromatic amines is 1. The van der Waals surface area contributed by atoms with Crippen molar-refractivity contribution in [2.24, 2.45) is 0 Å². The number of aliphatic carboxylic acids is 1. The number of carboxylic acid groups (broad SMARTS) is 1. The number of nitrogens with one attached hydrogen (secondary N) is 1. The van der Waals surface area contributed by atoms with Gasteiger partial charge in [-0.2, -0.15) is 5.10 Å². The molecule has 1 rings (SSSR count). The average Bonchev–Trinajstić information content (AvgIpc) is 2.61. The van der Waals surface area contributed by atoms with E-state index < -0.39 is 5.97 Å². The fourth-order valence-electron chi connectivity index (χ4n) is 1.33. The van der Waals surface area contributed by atoms with Gasteiger partial charge in [0.15, 0.2) is 0 Å². The summed E-state index contributed by atoms with van der Waals surface area (Å²) in [5, 5.41) is 15.0. The molecule has 0 aliphatic heterocycles. The Morgan fingerprint density at radius 2 is 2.25 bits per heavy atom. The molecule has 1 aromatic rings. The van der Waals surface area contributed by atoms with Crippen LogP contribution in [0.25, 0.3) is 0 Å². The van der Waals surface area contributed by atoms with E-state index in [4.69, 9.17) is 5.11 Å². The van der Waals surface area contributed by atoms with E-state index in [1.165, 1.54) is 4.90 Å². The Morgan fingerprint density at radius 1 is 1.62 bits per heavy atom. The molecule has 0 aliphatic carbocycles. The summed E-state index contributed by atoms with van der Waals surface area (Å²) in [6.45, 7) is 3.46. The van der Waals surface area contributed by atoms with Crippen molar-refractivity contribution in [1.29, 1.82) is 0 Å². The van der Waals surface area contributed by atoms with Gasteiger partial charge in [0, 0.05) is 13.1 Å². The van der Waals surface area contributed by atoms with Gasteiger partial charge in [-0.3, -0.25) is 14.7 Å². The van der Waals surface area contributed by atoms with Crippen molar-refractivity contribution in [2.75, 3.05) is 7.05 Å². The molecule has 0 bridgehead atoms. The summed E-state index contributed by atoms with van der Waals surface area (Å²) in [4.78, 5) is 23.8. The van der Waals surface area contributed by atoms with Crippen molar-refractivity contribution in [3.05, 3.63) is 17.5 Å². The Kier molecular flexibility index (Phi) is 3.65. The summed E-state index contributed by atoms with van der Waals surface area (Å²) in [7, 11) is 1.58. The molecule has 0 radical (unpaired) electrons. The molecule has 0 saturated heterocycles. The minimum atomic E-state index is -0.923. The number of rotatable bonds is 4. The second-order valence-electron chi connectivity index (χ2n) is 3.79. The van der Waals surface area contributed by atoms with Crippen LogP contribution >= 0.6 is 0 Å². The smallest absolute Gasteiger partial charge is 0.305 e. The standard InChI is InChI=1S/C10H15N3O3/c1-6-5-11-12-9(6)10(16)13(3)7(2)4-8(14)15/h5,7H,4H2,1-3H3,(H,11,12)(H,14,15). The van der Waals surface area contributed by atoms with Crippen molar-refractivity contribution in [3.8, 4) is 0 Å². The lowest BCUT2D eigenvalue weighted by Crippen LogP contribution is -2.37. The van der Waals surface area contributed by atoms with E-state index in [9.17, 15) is 9.59 Å². The van der Waals surface area contributed by atoms with Crippen LogP contribution in [0.5, 0.6) is 0 Å². The van der Waals surface area contributed by atoms with E-state index in [2.05, 4.69) is 10.2 Å². The largest absolute Gasteiger partial charge is 0.481 e. The molecular weight excluding hydrogens is 210 g/mol. The molecule has 1 aromatic heterocycles. The molecule has 2 N–H and O–H groups in total. The van der Waals surface area contributed by atoms with E-state index in [1.807, 2.05) is 0 Å². The predicted octanol–water partition coefficient (Wildman–Crippen LogP) is 0.653. The molecule has 0 fully saturated rings. The zero-order valence-electron chi connectivity index (χ0n) is 9.52. The van der Waals surface area contributed by atoms with Crippen LogP contribution in [0.4, 0.5) is 0 Å². The van der Waals surface area contributed by atoms with Gasteiger partial charge in [-0.15, -0.1) is 0 Å². The van der Waals surface area contributed by atoms with Crippen LogP contribution in [0, 0.1) is 6.92 Å². The molecule has 1 unspecified atom stereocenters. The second-order valence-corrected chi connectivity index (χ2v) is 3.79. The number of aromatic nitrogens is 2. The monoisotopic (exact) mass is 225 g/mol. The van der Waals surface area contributed by atoms with Gasteiger partial charge in [-0.25, -0.2) is 0 Å². The highest BCUT2D eigenvalue weighted by atomic mass is 16.4. The zero-order valence-corrected chi connectivity index (χ0v) is 9.52. The van der Waals surface area contributed by atoms with Gasteiger partial charge in [0.05, 0.1) is 12.6 Å². The third-order valence-electron chi connectivity index (χ3n) is 2.49. The van der Waals surface area contributed by atoms with Gasteiger partial charge < -0.3 is 10.0 Å². The molecule has 16 heavy (non-hydrogen) atoms. The minimum absolute atomic E-state index is 0.0740. The van der Waals surface area contributed by atoms with Gasteiger partial charge in [-0.05, 0) is 19.4 Å². The Labute approximate surface area is 93.3 Å². The van der Waals surface area contributed by atoms with Crippen molar-refractivity contribution in [1.82, 2.24) is 15.1 Å². The lowest BCUT2D eigenvalue weighted by molar-refractivity contribution is -0.137. The fraction of sp³-hybridized carbons (Fsp3) is 0.500. The first-order valence-corrected chi connectivity index (χ1v) is 4.92.